The average molecular weight is 271 g/mol. The van der Waals surface area contributed by atoms with Crippen LogP contribution >= 0.6 is 0 Å². The molecule has 5 heteroatoms. The maximum absolute atomic E-state index is 12.1. The molecule has 0 amide bonds. The molecule has 1 aromatic rings. The van der Waals surface area contributed by atoms with Gasteiger partial charge in [0.2, 0.25) is 0 Å². The molecule has 18 heavy (non-hydrogen) atoms. The molecule has 3 N–H and O–H groups in total. The second kappa shape index (κ2) is 8.11. The number of ether oxygens (including phenoxy) is 1. The normalized spacial score (nSPS) is 12.3. The summed E-state index contributed by atoms with van der Waals surface area (Å²) in [6.45, 7) is 0.228. The molecule has 102 valence electrons. The van der Waals surface area contributed by atoms with Gasteiger partial charge in [-0.25, -0.2) is 0 Å². The third-order valence-corrected chi connectivity index (χ3v) is 4.21. The van der Waals surface area contributed by atoms with Gasteiger partial charge in [0.05, 0.1) is 22.8 Å². The van der Waals surface area contributed by atoms with E-state index in [9.17, 15) is 4.21 Å². The molecule has 0 bridgehead atoms. The summed E-state index contributed by atoms with van der Waals surface area (Å²) in [7, 11) is 0.497. The van der Waals surface area contributed by atoms with Crippen LogP contribution < -0.4 is 10.5 Å². The van der Waals surface area contributed by atoms with Gasteiger partial charge in [0.15, 0.2) is 0 Å². The van der Waals surface area contributed by atoms with Crippen LogP contribution in [0, 0.1) is 0 Å². The molecule has 0 saturated carbocycles. The molecule has 0 saturated heterocycles. The number of rotatable bonds is 8. The zero-order valence-electron chi connectivity index (χ0n) is 10.7. The second-order valence-corrected chi connectivity index (χ2v) is 5.63. The van der Waals surface area contributed by atoms with Crippen molar-refractivity contribution in [1.29, 1.82) is 0 Å². The van der Waals surface area contributed by atoms with Gasteiger partial charge in [-0.1, -0.05) is 12.8 Å². The van der Waals surface area contributed by atoms with E-state index in [1.54, 1.807) is 25.3 Å². The molecule has 1 rings (SSSR count). The van der Waals surface area contributed by atoms with E-state index in [1.165, 1.54) is 0 Å². The van der Waals surface area contributed by atoms with Crippen LogP contribution in [0.25, 0.3) is 0 Å². The summed E-state index contributed by atoms with van der Waals surface area (Å²) < 4.78 is 17.2. The lowest BCUT2D eigenvalue weighted by molar-refractivity contribution is 0.283. The van der Waals surface area contributed by atoms with Crippen LogP contribution in [-0.2, 0) is 10.8 Å². The number of hydrogen-bond acceptors (Lipinski definition) is 4. The Labute approximate surface area is 111 Å². The lowest BCUT2D eigenvalue weighted by atomic mass is 10.2. The molecule has 1 atom stereocenters. The number of nitrogen functional groups attached to an aromatic ring is 1. The maximum atomic E-state index is 12.1. The monoisotopic (exact) mass is 271 g/mol. The Morgan fingerprint density at radius 2 is 2.00 bits per heavy atom. The smallest absolute Gasteiger partial charge is 0.120 e. The molecule has 0 aliphatic carbocycles. The molecular weight excluding hydrogens is 250 g/mol. The first-order valence-electron chi connectivity index (χ1n) is 6.11. The summed E-state index contributed by atoms with van der Waals surface area (Å²) in [5.41, 5.74) is 6.36. The van der Waals surface area contributed by atoms with Crippen molar-refractivity contribution in [3.8, 4) is 5.75 Å². The zero-order chi connectivity index (χ0) is 13.4. The van der Waals surface area contributed by atoms with E-state index in [4.69, 9.17) is 15.6 Å². The largest absolute Gasteiger partial charge is 0.497 e. The van der Waals surface area contributed by atoms with Gasteiger partial charge in [0.1, 0.15) is 5.75 Å². The predicted molar refractivity (Wildman–Crippen MR) is 74.2 cm³/mol. The minimum atomic E-state index is -1.08. The van der Waals surface area contributed by atoms with Crippen LogP contribution in [0.3, 0.4) is 0 Å². The Hall–Kier alpha value is -1.07. The first kappa shape index (κ1) is 15.0. The summed E-state index contributed by atoms with van der Waals surface area (Å²) in [5.74, 6) is 1.27. The first-order chi connectivity index (χ1) is 8.69. The Morgan fingerprint density at radius 3 is 2.67 bits per heavy atom. The Kier molecular flexibility index (Phi) is 6.75. The van der Waals surface area contributed by atoms with Crippen molar-refractivity contribution in [1.82, 2.24) is 0 Å². The van der Waals surface area contributed by atoms with Crippen molar-refractivity contribution in [2.45, 2.75) is 30.6 Å². The van der Waals surface area contributed by atoms with E-state index in [0.717, 1.165) is 25.7 Å². The fourth-order valence-corrected chi connectivity index (χ4v) is 2.91. The SMILES string of the molecule is COc1ccc(N)c(S(=O)CCCCCCO)c1. The quantitative estimate of drug-likeness (QED) is 0.560. The number of benzene rings is 1. The van der Waals surface area contributed by atoms with Crippen molar-refractivity contribution < 1.29 is 14.1 Å². The molecule has 0 aliphatic rings. The van der Waals surface area contributed by atoms with E-state index in [0.29, 0.717) is 22.1 Å². The van der Waals surface area contributed by atoms with Gasteiger partial charge in [-0.15, -0.1) is 0 Å². The van der Waals surface area contributed by atoms with Gasteiger partial charge in [-0.05, 0) is 31.0 Å². The number of unbranched alkanes of at least 4 members (excludes halogenated alkanes) is 3. The Balaban J connectivity index is 2.50. The Bertz CT molecular complexity index is 396. The topological polar surface area (TPSA) is 72.5 Å². The van der Waals surface area contributed by atoms with Crippen LogP contribution in [-0.4, -0.2) is 28.8 Å². The fourth-order valence-electron chi connectivity index (χ4n) is 1.65. The lowest BCUT2D eigenvalue weighted by Crippen LogP contribution is -2.03. The summed E-state index contributed by atoms with van der Waals surface area (Å²) in [6.07, 6.45) is 3.65. The predicted octanol–water partition coefficient (Wildman–Crippen LogP) is 1.94. The van der Waals surface area contributed by atoms with Gasteiger partial charge in [-0.3, -0.25) is 4.21 Å². The van der Waals surface area contributed by atoms with E-state index in [2.05, 4.69) is 0 Å². The minimum absolute atomic E-state index is 0.228. The highest BCUT2D eigenvalue weighted by Crippen LogP contribution is 2.23. The highest BCUT2D eigenvalue weighted by atomic mass is 32.2. The van der Waals surface area contributed by atoms with Crippen molar-refractivity contribution in [3.63, 3.8) is 0 Å². The molecule has 0 aliphatic heterocycles. The molecular formula is C13H21NO3S. The average Bonchev–Trinajstić information content (AvgIpc) is 2.39. The lowest BCUT2D eigenvalue weighted by Gasteiger charge is -2.08. The zero-order valence-corrected chi connectivity index (χ0v) is 11.5. The van der Waals surface area contributed by atoms with Gasteiger partial charge in [0, 0.05) is 18.0 Å². The van der Waals surface area contributed by atoms with E-state index < -0.39 is 10.8 Å². The highest BCUT2D eigenvalue weighted by molar-refractivity contribution is 7.85. The summed E-state index contributed by atoms with van der Waals surface area (Å²) in [6, 6.07) is 5.22. The van der Waals surface area contributed by atoms with Crippen LogP contribution in [0.5, 0.6) is 5.75 Å². The minimum Gasteiger partial charge on any atom is -0.497 e. The molecule has 0 spiro atoms. The van der Waals surface area contributed by atoms with Crippen molar-refractivity contribution in [2.75, 3.05) is 25.2 Å². The molecule has 1 aromatic carbocycles. The first-order valence-corrected chi connectivity index (χ1v) is 7.43. The summed E-state index contributed by atoms with van der Waals surface area (Å²) >= 11 is 0. The molecule has 0 fully saturated rings. The number of aliphatic hydroxyl groups is 1. The molecule has 0 heterocycles. The molecule has 4 nitrogen and oxygen atoms in total. The van der Waals surface area contributed by atoms with Crippen LogP contribution in [0.15, 0.2) is 23.1 Å². The van der Waals surface area contributed by atoms with Crippen LogP contribution in [0.2, 0.25) is 0 Å². The third kappa shape index (κ3) is 4.66. The van der Waals surface area contributed by atoms with Gasteiger partial charge < -0.3 is 15.6 Å². The summed E-state index contributed by atoms with van der Waals surface area (Å²) in [4.78, 5) is 0.650. The van der Waals surface area contributed by atoms with Crippen LogP contribution in [0.4, 0.5) is 5.69 Å². The fraction of sp³-hybridized carbons (Fsp3) is 0.538. The summed E-state index contributed by atoms with van der Waals surface area (Å²) in [5, 5.41) is 8.66. The molecule has 0 radical (unpaired) electrons. The van der Waals surface area contributed by atoms with E-state index in [1.807, 2.05) is 0 Å². The number of nitrogens with two attached hydrogens (primary N) is 1. The van der Waals surface area contributed by atoms with Crippen molar-refractivity contribution in [3.05, 3.63) is 18.2 Å². The Morgan fingerprint density at radius 1 is 1.28 bits per heavy atom. The van der Waals surface area contributed by atoms with Crippen molar-refractivity contribution >= 4 is 16.5 Å². The molecule has 1 unspecified atom stereocenters. The number of methoxy groups -OCH3 is 1. The number of hydrogen-bond donors (Lipinski definition) is 2. The number of anilines is 1. The maximum Gasteiger partial charge on any atom is 0.120 e. The van der Waals surface area contributed by atoms with Crippen molar-refractivity contribution in [2.24, 2.45) is 0 Å². The third-order valence-electron chi connectivity index (χ3n) is 2.70. The van der Waals surface area contributed by atoms with Gasteiger partial charge in [-0.2, -0.15) is 0 Å². The highest BCUT2D eigenvalue weighted by Gasteiger charge is 2.09. The van der Waals surface area contributed by atoms with E-state index in [-0.39, 0.29) is 6.61 Å². The number of aliphatic hydroxyl groups excluding tert-OH is 1. The van der Waals surface area contributed by atoms with Gasteiger partial charge >= 0.3 is 0 Å². The van der Waals surface area contributed by atoms with Gasteiger partial charge in [0.25, 0.3) is 0 Å². The standard InChI is InChI=1S/C13H21NO3S/c1-17-11-6-7-12(14)13(10-11)18(16)9-5-3-2-4-8-15/h6-7,10,15H,2-5,8-9,14H2,1H3. The molecule has 0 aromatic heterocycles. The second-order valence-electron chi connectivity index (χ2n) is 4.09. The van der Waals surface area contributed by atoms with Crippen LogP contribution in [0.1, 0.15) is 25.7 Å². The van der Waals surface area contributed by atoms with E-state index >= 15 is 0 Å².